The number of carbonyl (C=O) groups is 1. The number of hydrogen-bond acceptors (Lipinski definition) is 2. The number of carbonyl (C=O) groups excluding carboxylic acids is 1. The molecule has 18 heavy (non-hydrogen) atoms. The molecular weight excluding hydrogens is 264 g/mol. The van der Waals surface area contributed by atoms with Gasteiger partial charge in [-0.25, -0.2) is 8.78 Å². The zero-order chi connectivity index (χ0) is 13.1. The first kappa shape index (κ1) is 12.5. The lowest BCUT2D eigenvalue weighted by atomic mass is 10.2. The van der Waals surface area contributed by atoms with Gasteiger partial charge < -0.3 is 5.32 Å². The van der Waals surface area contributed by atoms with Gasteiger partial charge in [0.2, 0.25) is 0 Å². The number of hydrogen-bond donors (Lipinski definition) is 2. The van der Waals surface area contributed by atoms with Crippen molar-refractivity contribution in [3.63, 3.8) is 0 Å². The summed E-state index contributed by atoms with van der Waals surface area (Å²) >= 11 is 5.39. The van der Waals surface area contributed by atoms with E-state index in [0.29, 0.717) is 0 Å². The average Bonchev–Trinajstić information content (AvgIpc) is 2.84. The van der Waals surface area contributed by atoms with Crippen molar-refractivity contribution in [1.29, 1.82) is 0 Å². The quantitative estimate of drug-likeness (QED) is 0.842. The molecule has 2 aromatic rings. The third-order valence-corrected chi connectivity index (χ3v) is 2.55. The lowest BCUT2D eigenvalue weighted by molar-refractivity contribution is 0.0946. The summed E-state index contributed by atoms with van der Waals surface area (Å²) in [5.74, 6) is -2.43. The molecule has 4 nitrogen and oxygen atoms in total. The van der Waals surface area contributed by atoms with Gasteiger partial charge in [-0.15, -0.1) is 0 Å². The topological polar surface area (TPSA) is 57.8 Å². The van der Waals surface area contributed by atoms with Crippen LogP contribution < -0.4 is 5.32 Å². The summed E-state index contributed by atoms with van der Waals surface area (Å²) in [6, 6.07) is 1.53. The zero-order valence-electron chi connectivity index (χ0n) is 9.01. The first-order valence-corrected chi connectivity index (χ1v) is 5.36. The van der Waals surface area contributed by atoms with Crippen LogP contribution >= 0.6 is 11.6 Å². The minimum absolute atomic E-state index is 0.166. The lowest BCUT2D eigenvalue weighted by Crippen LogP contribution is -2.23. The van der Waals surface area contributed by atoms with Crippen LogP contribution in [0.1, 0.15) is 15.9 Å². The van der Waals surface area contributed by atoms with Crippen LogP contribution in [0.3, 0.4) is 0 Å². The number of amides is 1. The van der Waals surface area contributed by atoms with Gasteiger partial charge >= 0.3 is 0 Å². The van der Waals surface area contributed by atoms with Crippen LogP contribution in [0.15, 0.2) is 24.5 Å². The molecule has 2 N–H and O–H groups in total. The SMILES string of the molecule is O=C(NCc1cn[nH]c1)c1cc(F)c(Cl)cc1F. The summed E-state index contributed by atoms with van der Waals surface area (Å²) in [4.78, 5) is 11.6. The van der Waals surface area contributed by atoms with Crippen molar-refractivity contribution in [1.82, 2.24) is 15.5 Å². The molecule has 0 aliphatic carbocycles. The van der Waals surface area contributed by atoms with E-state index in [4.69, 9.17) is 11.6 Å². The van der Waals surface area contributed by atoms with Gasteiger partial charge in [-0.2, -0.15) is 5.10 Å². The van der Waals surface area contributed by atoms with E-state index in [0.717, 1.165) is 17.7 Å². The number of aromatic nitrogens is 2. The number of rotatable bonds is 3. The maximum absolute atomic E-state index is 13.4. The number of halogens is 3. The normalized spacial score (nSPS) is 10.4. The predicted molar refractivity (Wildman–Crippen MR) is 61.1 cm³/mol. The number of nitrogens with one attached hydrogen (secondary N) is 2. The monoisotopic (exact) mass is 271 g/mol. The van der Waals surface area contributed by atoms with E-state index >= 15 is 0 Å². The van der Waals surface area contributed by atoms with Crippen LogP contribution in [0.5, 0.6) is 0 Å². The highest BCUT2D eigenvalue weighted by Crippen LogP contribution is 2.19. The predicted octanol–water partition coefficient (Wildman–Crippen LogP) is 2.27. The van der Waals surface area contributed by atoms with E-state index in [1.807, 2.05) is 0 Å². The van der Waals surface area contributed by atoms with Crippen molar-refractivity contribution < 1.29 is 13.6 Å². The fourth-order valence-corrected chi connectivity index (χ4v) is 1.50. The Kier molecular flexibility index (Phi) is 3.57. The molecule has 0 spiro atoms. The molecule has 0 fully saturated rings. The second-order valence-corrected chi connectivity index (χ2v) is 3.94. The van der Waals surface area contributed by atoms with Gasteiger partial charge in [0.05, 0.1) is 16.8 Å². The molecule has 1 aromatic heterocycles. The Morgan fingerprint density at radius 2 is 2.17 bits per heavy atom. The van der Waals surface area contributed by atoms with E-state index in [9.17, 15) is 13.6 Å². The van der Waals surface area contributed by atoms with Gasteiger partial charge in [0.25, 0.3) is 5.91 Å². The number of nitrogens with zero attached hydrogens (tertiary/aromatic N) is 1. The molecule has 2 rings (SSSR count). The standard InChI is InChI=1S/C11H8ClF2N3O/c12-8-2-9(13)7(1-10(8)14)11(18)15-3-6-4-16-17-5-6/h1-2,4-5H,3H2,(H,15,18)(H,16,17). The van der Waals surface area contributed by atoms with Crippen LogP contribution in [0.25, 0.3) is 0 Å². The first-order valence-electron chi connectivity index (χ1n) is 4.98. The van der Waals surface area contributed by atoms with Gasteiger partial charge in [0.15, 0.2) is 0 Å². The molecule has 0 saturated heterocycles. The van der Waals surface area contributed by atoms with E-state index in [2.05, 4.69) is 15.5 Å². The Bertz CT molecular complexity index is 572. The molecule has 0 aliphatic rings. The third kappa shape index (κ3) is 2.65. The zero-order valence-corrected chi connectivity index (χ0v) is 9.76. The summed E-state index contributed by atoms with van der Waals surface area (Å²) in [6.07, 6.45) is 3.10. The summed E-state index contributed by atoms with van der Waals surface area (Å²) in [6.45, 7) is 0.166. The Balaban J connectivity index is 2.11. The van der Waals surface area contributed by atoms with Crippen molar-refractivity contribution in [2.45, 2.75) is 6.54 Å². The molecule has 0 aliphatic heterocycles. The average molecular weight is 272 g/mol. The Labute approximate surface area is 106 Å². The Hall–Kier alpha value is -1.95. The highest BCUT2D eigenvalue weighted by molar-refractivity contribution is 6.30. The lowest BCUT2D eigenvalue weighted by Gasteiger charge is -2.05. The van der Waals surface area contributed by atoms with Crippen molar-refractivity contribution in [3.05, 3.63) is 52.3 Å². The minimum Gasteiger partial charge on any atom is -0.348 e. The minimum atomic E-state index is -0.869. The van der Waals surface area contributed by atoms with Gasteiger partial charge in [-0.3, -0.25) is 9.89 Å². The fourth-order valence-electron chi connectivity index (χ4n) is 1.35. The maximum atomic E-state index is 13.4. The van der Waals surface area contributed by atoms with Crippen LogP contribution in [0, 0.1) is 11.6 Å². The molecule has 0 atom stereocenters. The molecule has 1 heterocycles. The summed E-state index contributed by atoms with van der Waals surface area (Å²) in [5.41, 5.74) is 0.332. The van der Waals surface area contributed by atoms with E-state index in [1.165, 1.54) is 6.20 Å². The molecule has 0 bridgehead atoms. The van der Waals surface area contributed by atoms with Crippen molar-refractivity contribution in [2.24, 2.45) is 0 Å². The maximum Gasteiger partial charge on any atom is 0.254 e. The molecule has 0 saturated carbocycles. The highest BCUT2D eigenvalue weighted by atomic mass is 35.5. The number of H-pyrrole nitrogens is 1. The molecule has 0 radical (unpaired) electrons. The molecule has 1 amide bonds. The van der Waals surface area contributed by atoms with Crippen LogP contribution in [0.2, 0.25) is 5.02 Å². The number of benzene rings is 1. The van der Waals surface area contributed by atoms with E-state index in [-0.39, 0.29) is 17.1 Å². The van der Waals surface area contributed by atoms with Crippen molar-refractivity contribution in [2.75, 3.05) is 0 Å². The molecular formula is C11H8ClF2N3O. The van der Waals surface area contributed by atoms with Crippen molar-refractivity contribution >= 4 is 17.5 Å². The van der Waals surface area contributed by atoms with Crippen LogP contribution in [0.4, 0.5) is 8.78 Å². The smallest absolute Gasteiger partial charge is 0.254 e. The van der Waals surface area contributed by atoms with Crippen LogP contribution in [-0.2, 0) is 6.54 Å². The molecule has 94 valence electrons. The first-order chi connectivity index (χ1) is 8.58. The Morgan fingerprint density at radius 1 is 1.39 bits per heavy atom. The van der Waals surface area contributed by atoms with E-state index < -0.39 is 17.5 Å². The van der Waals surface area contributed by atoms with Gasteiger partial charge in [0.1, 0.15) is 11.6 Å². The van der Waals surface area contributed by atoms with Gasteiger partial charge in [-0.1, -0.05) is 11.6 Å². The van der Waals surface area contributed by atoms with Crippen LogP contribution in [-0.4, -0.2) is 16.1 Å². The molecule has 0 unspecified atom stereocenters. The largest absolute Gasteiger partial charge is 0.348 e. The summed E-state index contributed by atoms with van der Waals surface area (Å²) in [5, 5.41) is 8.33. The van der Waals surface area contributed by atoms with Gasteiger partial charge in [0, 0.05) is 18.3 Å². The highest BCUT2D eigenvalue weighted by Gasteiger charge is 2.15. The molecule has 1 aromatic carbocycles. The summed E-state index contributed by atoms with van der Waals surface area (Å²) in [7, 11) is 0. The fraction of sp³-hybridized carbons (Fsp3) is 0.0909. The van der Waals surface area contributed by atoms with Gasteiger partial charge in [-0.05, 0) is 12.1 Å². The van der Waals surface area contributed by atoms with Crippen molar-refractivity contribution in [3.8, 4) is 0 Å². The van der Waals surface area contributed by atoms with E-state index in [1.54, 1.807) is 6.20 Å². The second-order valence-electron chi connectivity index (χ2n) is 3.54. The Morgan fingerprint density at radius 3 is 2.83 bits per heavy atom. The number of aromatic amines is 1. The molecule has 7 heteroatoms. The second kappa shape index (κ2) is 5.14. The summed E-state index contributed by atoms with van der Waals surface area (Å²) < 4.78 is 26.6. The third-order valence-electron chi connectivity index (χ3n) is 2.26.